The molecule has 0 radical (unpaired) electrons. The summed E-state index contributed by atoms with van der Waals surface area (Å²) in [6.45, 7) is 7.38. The molecule has 0 spiro atoms. The number of methoxy groups -OCH3 is 1. The Morgan fingerprint density at radius 3 is 2.78 bits per heavy atom. The number of aromatic nitrogens is 1. The van der Waals surface area contributed by atoms with Crippen molar-refractivity contribution >= 4 is 5.91 Å². The first-order valence-electron chi connectivity index (χ1n) is 11.2. The summed E-state index contributed by atoms with van der Waals surface area (Å²) in [6, 6.07) is 9.99. The molecular formula is C24H32N4O4. The molecule has 0 bridgehead atoms. The first-order chi connectivity index (χ1) is 15.6. The lowest BCUT2D eigenvalue weighted by Crippen LogP contribution is -2.46. The van der Waals surface area contributed by atoms with Gasteiger partial charge < -0.3 is 19.5 Å². The Labute approximate surface area is 189 Å². The molecule has 1 amide bonds. The van der Waals surface area contributed by atoms with Crippen molar-refractivity contribution < 1.29 is 19.0 Å². The summed E-state index contributed by atoms with van der Waals surface area (Å²) >= 11 is 0. The van der Waals surface area contributed by atoms with Gasteiger partial charge in [-0.15, -0.1) is 0 Å². The van der Waals surface area contributed by atoms with Gasteiger partial charge in [-0.1, -0.05) is 6.07 Å². The molecule has 1 N–H and O–H groups in total. The van der Waals surface area contributed by atoms with Gasteiger partial charge >= 0.3 is 0 Å². The van der Waals surface area contributed by atoms with Crippen molar-refractivity contribution in [2.24, 2.45) is 0 Å². The zero-order chi connectivity index (χ0) is 22.3. The second kappa shape index (κ2) is 10.8. The van der Waals surface area contributed by atoms with Crippen LogP contribution in [0.5, 0.6) is 11.5 Å². The number of fused-ring (bicyclic) bond motifs is 1. The van der Waals surface area contributed by atoms with E-state index >= 15 is 0 Å². The largest absolute Gasteiger partial charge is 0.497 e. The number of nitrogens with one attached hydrogen (secondary N) is 1. The molecule has 8 heteroatoms. The second-order valence-corrected chi connectivity index (χ2v) is 8.32. The minimum Gasteiger partial charge on any atom is -0.497 e. The number of pyridine rings is 1. The van der Waals surface area contributed by atoms with Crippen molar-refractivity contribution in [1.82, 2.24) is 20.1 Å². The van der Waals surface area contributed by atoms with Crippen LogP contribution in [0.1, 0.15) is 24.1 Å². The van der Waals surface area contributed by atoms with Crippen LogP contribution < -0.4 is 14.8 Å². The van der Waals surface area contributed by atoms with Gasteiger partial charge in [0, 0.05) is 56.7 Å². The van der Waals surface area contributed by atoms with Crippen LogP contribution in [0.25, 0.3) is 0 Å². The summed E-state index contributed by atoms with van der Waals surface area (Å²) in [7, 11) is 1.65. The lowest BCUT2D eigenvalue weighted by Gasteiger charge is -2.35. The first-order valence-corrected chi connectivity index (χ1v) is 11.2. The lowest BCUT2D eigenvalue weighted by molar-refractivity contribution is -0.122. The third-order valence-corrected chi connectivity index (χ3v) is 5.95. The Morgan fingerprint density at radius 2 is 2.03 bits per heavy atom. The average Bonchev–Trinajstić information content (AvgIpc) is 2.97. The molecule has 2 unspecified atom stereocenters. The van der Waals surface area contributed by atoms with E-state index in [-0.39, 0.29) is 18.1 Å². The van der Waals surface area contributed by atoms with Crippen molar-refractivity contribution in [1.29, 1.82) is 0 Å². The number of hydrogen-bond acceptors (Lipinski definition) is 7. The highest BCUT2D eigenvalue weighted by atomic mass is 16.5. The van der Waals surface area contributed by atoms with Gasteiger partial charge in [-0.05, 0) is 30.7 Å². The van der Waals surface area contributed by atoms with Gasteiger partial charge in [0.2, 0.25) is 5.91 Å². The maximum absolute atomic E-state index is 12.9. The van der Waals surface area contributed by atoms with Crippen molar-refractivity contribution in [2.45, 2.75) is 25.6 Å². The van der Waals surface area contributed by atoms with E-state index in [0.29, 0.717) is 39.4 Å². The molecule has 3 heterocycles. The third kappa shape index (κ3) is 5.76. The van der Waals surface area contributed by atoms with Crippen LogP contribution in [0.15, 0.2) is 42.7 Å². The summed E-state index contributed by atoms with van der Waals surface area (Å²) in [5.41, 5.74) is 2.22. The minimum absolute atomic E-state index is 0.0153. The standard InChI is InChI=1S/C24H32N4O4/c1-18-15-27(16-20-3-4-21(30-2)13-23(20)32-18)17-24(29)26-14-22(19-5-7-25-8-6-19)28-9-11-31-12-10-28/h3-8,13,18,22H,9-12,14-17H2,1-2H3,(H,26,29). The molecule has 172 valence electrons. The van der Waals surface area contributed by atoms with Gasteiger partial charge in [-0.2, -0.15) is 0 Å². The van der Waals surface area contributed by atoms with Crippen LogP contribution in [-0.2, 0) is 16.1 Å². The molecule has 0 aliphatic carbocycles. The summed E-state index contributed by atoms with van der Waals surface area (Å²) < 4.78 is 16.9. The fourth-order valence-electron chi connectivity index (χ4n) is 4.35. The number of nitrogens with zero attached hydrogens (tertiary/aromatic N) is 3. The molecule has 2 aliphatic rings. The molecule has 1 aromatic carbocycles. The summed E-state index contributed by atoms with van der Waals surface area (Å²) in [4.78, 5) is 21.5. The molecule has 8 nitrogen and oxygen atoms in total. The highest BCUT2D eigenvalue weighted by Crippen LogP contribution is 2.29. The van der Waals surface area contributed by atoms with Gasteiger partial charge in [-0.3, -0.25) is 19.6 Å². The van der Waals surface area contributed by atoms with E-state index in [1.807, 2.05) is 37.3 Å². The van der Waals surface area contributed by atoms with Gasteiger partial charge in [0.1, 0.15) is 17.6 Å². The van der Waals surface area contributed by atoms with E-state index in [4.69, 9.17) is 14.2 Å². The number of morpholine rings is 1. The van der Waals surface area contributed by atoms with Crippen molar-refractivity contribution in [3.8, 4) is 11.5 Å². The van der Waals surface area contributed by atoms with Crippen LogP contribution >= 0.6 is 0 Å². The van der Waals surface area contributed by atoms with Crippen LogP contribution in [-0.4, -0.2) is 79.8 Å². The quantitative estimate of drug-likeness (QED) is 0.704. The molecule has 4 rings (SSSR count). The number of carbonyl (C=O) groups excluding carboxylic acids is 1. The fraction of sp³-hybridized carbons (Fsp3) is 0.500. The Hall–Kier alpha value is -2.68. The number of benzene rings is 1. The molecule has 1 aromatic heterocycles. The second-order valence-electron chi connectivity index (χ2n) is 8.32. The third-order valence-electron chi connectivity index (χ3n) is 5.95. The summed E-state index contributed by atoms with van der Waals surface area (Å²) in [6.07, 6.45) is 3.58. The molecule has 2 atom stereocenters. The Kier molecular flexibility index (Phi) is 7.57. The van der Waals surface area contributed by atoms with Crippen LogP contribution in [0.2, 0.25) is 0 Å². The van der Waals surface area contributed by atoms with E-state index < -0.39 is 0 Å². The zero-order valence-corrected chi connectivity index (χ0v) is 18.8. The smallest absolute Gasteiger partial charge is 0.234 e. The molecular weight excluding hydrogens is 408 g/mol. The Morgan fingerprint density at radius 1 is 1.25 bits per heavy atom. The van der Waals surface area contributed by atoms with E-state index in [1.165, 1.54) is 0 Å². The summed E-state index contributed by atoms with van der Waals surface area (Å²) in [5.74, 6) is 1.61. The number of ether oxygens (including phenoxy) is 3. The maximum Gasteiger partial charge on any atom is 0.234 e. The Balaban J connectivity index is 1.38. The van der Waals surface area contributed by atoms with Crippen molar-refractivity contribution in [3.63, 3.8) is 0 Å². The number of amides is 1. The van der Waals surface area contributed by atoms with Gasteiger partial charge in [0.05, 0.1) is 32.9 Å². The van der Waals surface area contributed by atoms with Gasteiger partial charge in [0.25, 0.3) is 0 Å². The van der Waals surface area contributed by atoms with Crippen molar-refractivity contribution in [2.75, 3.05) is 53.0 Å². The minimum atomic E-state index is -0.0194. The number of rotatable bonds is 7. The highest BCUT2D eigenvalue weighted by Gasteiger charge is 2.25. The fourth-order valence-corrected chi connectivity index (χ4v) is 4.35. The maximum atomic E-state index is 12.9. The topological polar surface area (TPSA) is 76.2 Å². The molecule has 2 aromatic rings. The SMILES string of the molecule is COc1ccc2c(c1)OC(C)CN(CC(=O)NCC(c1ccncc1)N1CCOCC1)C2. The summed E-state index contributed by atoms with van der Waals surface area (Å²) in [5, 5.41) is 3.16. The normalized spacial score (nSPS) is 20.5. The van der Waals surface area contributed by atoms with E-state index in [2.05, 4.69) is 20.1 Å². The monoisotopic (exact) mass is 440 g/mol. The number of carbonyl (C=O) groups is 1. The van der Waals surface area contributed by atoms with E-state index in [1.54, 1.807) is 19.5 Å². The number of hydrogen-bond donors (Lipinski definition) is 1. The highest BCUT2D eigenvalue weighted by molar-refractivity contribution is 5.78. The van der Waals surface area contributed by atoms with E-state index in [0.717, 1.165) is 35.7 Å². The van der Waals surface area contributed by atoms with Crippen LogP contribution in [0, 0.1) is 0 Å². The van der Waals surface area contributed by atoms with Gasteiger partial charge in [0.15, 0.2) is 0 Å². The van der Waals surface area contributed by atoms with Gasteiger partial charge in [-0.25, -0.2) is 0 Å². The molecule has 2 aliphatic heterocycles. The lowest BCUT2D eigenvalue weighted by atomic mass is 10.1. The predicted octanol–water partition coefficient (Wildman–Crippen LogP) is 1.86. The van der Waals surface area contributed by atoms with Crippen LogP contribution in [0.4, 0.5) is 0 Å². The average molecular weight is 441 g/mol. The van der Waals surface area contributed by atoms with Crippen LogP contribution in [0.3, 0.4) is 0 Å². The molecule has 0 saturated carbocycles. The first kappa shape index (κ1) is 22.5. The zero-order valence-electron chi connectivity index (χ0n) is 18.8. The molecule has 32 heavy (non-hydrogen) atoms. The van der Waals surface area contributed by atoms with E-state index in [9.17, 15) is 4.79 Å². The van der Waals surface area contributed by atoms with Crippen molar-refractivity contribution in [3.05, 3.63) is 53.9 Å². The predicted molar refractivity (Wildman–Crippen MR) is 121 cm³/mol. The molecule has 1 saturated heterocycles. The molecule has 1 fully saturated rings. The Bertz CT molecular complexity index is 889.